The van der Waals surface area contributed by atoms with Crippen LogP contribution < -0.4 is 5.32 Å². The molecule has 6 nitrogen and oxygen atoms in total. The molecule has 0 saturated heterocycles. The number of aromatic hydroxyl groups is 1. The van der Waals surface area contributed by atoms with Gasteiger partial charge in [0, 0.05) is 17.2 Å². The third-order valence-electron chi connectivity index (χ3n) is 2.61. The first-order valence-electron chi connectivity index (χ1n) is 5.62. The third kappa shape index (κ3) is 3.26. The minimum absolute atomic E-state index is 0.157. The van der Waals surface area contributed by atoms with E-state index in [1.165, 1.54) is 6.07 Å². The van der Waals surface area contributed by atoms with Crippen molar-refractivity contribution in [3.8, 4) is 5.75 Å². The van der Waals surface area contributed by atoms with Gasteiger partial charge in [0.25, 0.3) is 11.6 Å². The molecule has 108 valence electrons. The number of carbonyl (C=O) groups excluding carboxylic acids is 1. The van der Waals surface area contributed by atoms with Gasteiger partial charge in [-0.25, -0.2) is 4.39 Å². The van der Waals surface area contributed by atoms with E-state index in [4.69, 9.17) is 11.6 Å². The molecular weight excluding hydrogens is 303 g/mol. The van der Waals surface area contributed by atoms with E-state index in [0.717, 1.165) is 30.3 Å². The van der Waals surface area contributed by atoms with Crippen LogP contribution in [0.25, 0.3) is 0 Å². The van der Waals surface area contributed by atoms with E-state index >= 15 is 0 Å². The van der Waals surface area contributed by atoms with E-state index in [0.29, 0.717) is 0 Å². The average Bonchev–Trinajstić information content (AvgIpc) is 2.43. The molecular formula is C13H8ClFN2O4. The number of phenols is 1. The number of phenolic OH excluding ortho intramolecular Hbond substituents is 1. The predicted octanol–water partition coefficient (Wildman–Crippen LogP) is 3.35. The summed E-state index contributed by atoms with van der Waals surface area (Å²) in [6.07, 6.45) is 0. The Hall–Kier alpha value is -2.67. The Morgan fingerprint density at radius 3 is 2.67 bits per heavy atom. The zero-order chi connectivity index (χ0) is 15.6. The number of benzene rings is 2. The second-order valence-corrected chi connectivity index (χ2v) is 4.47. The fraction of sp³-hybridized carbons (Fsp3) is 0. The molecule has 0 unspecified atom stereocenters. The number of halogens is 2. The van der Waals surface area contributed by atoms with Gasteiger partial charge in [0.15, 0.2) is 0 Å². The maximum atomic E-state index is 13.5. The maximum absolute atomic E-state index is 13.5. The average molecular weight is 311 g/mol. The molecule has 0 aliphatic rings. The first kappa shape index (κ1) is 14.7. The molecule has 0 bridgehead atoms. The highest BCUT2D eigenvalue weighted by Gasteiger charge is 2.16. The number of nitrogens with zero attached hydrogens (tertiary/aromatic N) is 1. The summed E-state index contributed by atoms with van der Waals surface area (Å²) in [4.78, 5) is 21.9. The van der Waals surface area contributed by atoms with Crippen molar-refractivity contribution in [1.29, 1.82) is 0 Å². The highest BCUT2D eigenvalue weighted by Crippen LogP contribution is 2.28. The Labute approximate surface area is 122 Å². The number of hydrogen-bond acceptors (Lipinski definition) is 4. The highest BCUT2D eigenvalue weighted by molar-refractivity contribution is 6.31. The molecule has 0 saturated carbocycles. The van der Waals surface area contributed by atoms with Gasteiger partial charge in [0.1, 0.15) is 11.6 Å². The molecule has 0 aliphatic heterocycles. The van der Waals surface area contributed by atoms with Gasteiger partial charge in [-0.1, -0.05) is 11.6 Å². The lowest BCUT2D eigenvalue weighted by Gasteiger charge is -2.08. The van der Waals surface area contributed by atoms with Crippen molar-refractivity contribution in [2.45, 2.75) is 0 Å². The van der Waals surface area contributed by atoms with Crippen molar-refractivity contribution in [3.63, 3.8) is 0 Å². The molecule has 2 rings (SSSR count). The number of anilines is 1. The van der Waals surface area contributed by atoms with Crippen LogP contribution in [0.5, 0.6) is 5.75 Å². The van der Waals surface area contributed by atoms with E-state index in [9.17, 15) is 24.4 Å². The van der Waals surface area contributed by atoms with E-state index in [1.807, 2.05) is 0 Å². The zero-order valence-electron chi connectivity index (χ0n) is 10.3. The zero-order valence-corrected chi connectivity index (χ0v) is 11.1. The molecule has 0 aromatic heterocycles. The summed E-state index contributed by atoms with van der Waals surface area (Å²) in [5.41, 5.74) is -0.864. The van der Waals surface area contributed by atoms with Crippen LogP contribution in [0.1, 0.15) is 10.4 Å². The molecule has 2 aromatic carbocycles. The van der Waals surface area contributed by atoms with Gasteiger partial charge in [-0.15, -0.1) is 0 Å². The minimum atomic E-state index is -0.884. The van der Waals surface area contributed by atoms with E-state index in [1.54, 1.807) is 0 Å². The Kier molecular flexibility index (Phi) is 4.04. The molecule has 21 heavy (non-hydrogen) atoms. The van der Waals surface area contributed by atoms with Crippen molar-refractivity contribution in [1.82, 2.24) is 0 Å². The van der Waals surface area contributed by atoms with E-state index in [-0.39, 0.29) is 27.7 Å². The Morgan fingerprint density at radius 2 is 2.00 bits per heavy atom. The van der Waals surface area contributed by atoms with E-state index in [2.05, 4.69) is 5.32 Å². The number of non-ortho nitro benzene ring substituents is 1. The molecule has 1 amide bonds. The third-order valence-corrected chi connectivity index (χ3v) is 2.85. The summed E-state index contributed by atoms with van der Waals surface area (Å²) < 4.78 is 13.5. The number of carbonyl (C=O) groups is 1. The van der Waals surface area contributed by atoms with Gasteiger partial charge in [0.05, 0.1) is 16.2 Å². The summed E-state index contributed by atoms with van der Waals surface area (Å²) in [5.74, 6) is -2.07. The van der Waals surface area contributed by atoms with Crippen molar-refractivity contribution < 1.29 is 19.2 Å². The number of nitro groups is 1. The first-order chi connectivity index (χ1) is 9.88. The summed E-state index contributed by atoms with van der Waals surface area (Å²) in [7, 11) is 0. The lowest BCUT2D eigenvalue weighted by atomic mass is 10.2. The standard InChI is InChI=1S/C13H8ClFN2O4/c14-7-1-3-10(15)9(5-7)13(19)16-11-6-8(17(20)21)2-4-12(11)18/h1-6,18H,(H,16,19). The van der Waals surface area contributed by atoms with Gasteiger partial charge in [0.2, 0.25) is 0 Å². The lowest BCUT2D eigenvalue weighted by molar-refractivity contribution is -0.384. The molecule has 0 spiro atoms. The van der Waals surface area contributed by atoms with Crippen LogP contribution in [0.2, 0.25) is 5.02 Å². The Bertz CT molecular complexity index is 736. The van der Waals surface area contributed by atoms with Crippen molar-refractivity contribution in [2.75, 3.05) is 5.32 Å². The predicted molar refractivity (Wildman–Crippen MR) is 74.1 cm³/mol. The van der Waals surface area contributed by atoms with Crippen LogP contribution in [-0.4, -0.2) is 15.9 Å². The molecule has 2 N–H and O–H groups in total. The topological polar surface area (TPSA) is 92.5 Å². The van der Waals surface area contributed by atoms with Crippen LogP contribution in [0, 0.1) is 15.9 Å². The van der Waals surface area contributed by atoms with Crippen LogP contribution in [0.3, 0.4) is 0 Å². The first-order valence-corrected chi connectivity index (χ1v) is 6.00. The van der Waals surface area contributed by atoms with Gasteiger partial charge < -0.3 is 10.4 Å². The minimum Gasteiger partial charge on any atom is -0.506 e. The maximum Gasteiger partial charge on any atom is 0.271 e. The van der Waals surface area contributed by atoms with Gasteiger partial charge in [-0.3, -0.25) is 14.9 Å². The SMILES string of the molecule is O=C(Nc1cc([N+](=O)[O-])ccc1O)c1cc(Cl)ccc1F. The number of hydrogen-bond donors (Lipinski definition) is 2. The smallest absolute Gasteiger partial charge is 0.271 e. The van der Waals surface area contributed by atoms with Crippen LogP contribution in [0.15, 0.2) is 36.4 Å². The molecule has 0 heterocycles. The highest BCUT2D eigenvalue weighted by atomic mass is 35.5. The number of rotatable bonds is 3. The largest absolute Gasteiger partial charge is 0.506 e. The van der Waals surface area contributed by atoms with Crippen LogP contribution >= 0.6 is 11.6 Å². The summed E-state index contributed by atoms with van der Waals surface area (Å²) in [5, 5.41) is 22.6. The molecule has 0 aliphatic carbocycles. The van der Waals surface area contributed by atoms with Crippen molar-refractivity contribution in [3.05, 3.63) is 62.9 Å². The monoisotopic (exact) mass is 310 g/mol. The lowest BCUT2D eigenvalue weighted by Crippen LogP contribution is -2.14. The molecule has 8 heteroatoms. The van der Waals surface area contributed by atoms with Gasteiger partial charge in [-0.05, 0) is 24.3 Å². The molecule has 0 fully saturated rings. The number of nitrogens with one attached hydrogen (secondary N) is 1. The molecule has 0 atom stereocenters. The van der Waals surface area contributed by atoms with Crippen LogP contribution in [0.4, 0.5) is 15.8 Å². The molecule has 2 aromatic rings. The van der Waals surface area contributed by atoms with Crippen molar-refractivity contribution >= 4 is 28.9 Å². The quantitative estimate of drug-likeness (QED) is 0.516. The summed E-state index contributed by atoms with van der Waals surface area (Å²) in [6.45, 7) is 0. The fourth-order valence-electron chi connectivity index (χ4n) is 1.60. The van der Waals surface area contributed by atoms with E-state index < -0.39 is 16.6 Å². The van der Waals surface area contributed by atoms with Crippen molar-refractivity contribution in [2.24, 2.45) is 0 Å². The van der Waals surface area contributed by atoms with Gasteiger partial charge in [-0.2, -0.15) is 0 Å². The number of nitro benzene ring substituents is 1. The normalized spacial score (nSPS) is 10.2. The fourth-order valence-corrected chi connectivity index (χ4v) is 1.77. The summed E-state index contributed by atoms with van der Waals surface area (Å²) in [6, 6.07) is 6.51. The Balaban J connectivity index is 2.33. The molecule has 0 radical (unpaired) electrons. The second kappa shape index (κ2) is 5.76. The van der Waals surface area contributed by atoms with Crippen LogP contribution in [-0.2, 0) is 0 Å². The number of amides is 1. The second-order valence-electron chi connectivity index (χ2n) is 4.04. The summed E-state index contributed by atoms with van der Waals surface area (Å²) >= 11 is 5.68. The Morgan fingerprint density at radius 1 is 1.29 bits per heavy atom. The van der Waals surface area contributed by atoms with Gasteiger partial charge >= 0.3 is 0 Å².